The number of carbonyl (C=O) groups is 1. The Morgan fingerprint density at radius 3 is 2.37 bits per heavy atom. The van der Waals surface area contributed by atoms with E-state index in [-0.39, 0.29) is 18.4 Å². The number of benzene rings is 1. The van der Waals surface area contributed by atoms with Crippen LogP contribution in [0.3, 0.4) is 0 Å². The van der Waals surface area contributed by atoms with Crippen molar-refractivity contribution >= 4 is 5.97 Å². The Bertz CT molecular complexity index is 511. The molecule has 1 aromatic rings. The normalized spacial score (nSPS) is 19.4. The Morgan fingerprint density at radius 2 is 1.84 bits per heavy atom. The van der Waals surface area contributed by atoms with Gasteiger partial charge in [-0.3, -0.25) is 0 Å². The maximum Gasteiger partial charge on any atom is 0.338 e. The number of piperidine rings is 1. The van der Waals surface area contributed by atoms with Gasteiger partial charge in [-0.15, -0.1) is 0 Å². The maximum atomic E-state index is 13.9. The van der Waals surface area contributed by atoms with Crippen LogP contribution in [0.2, 0.25) is 0 Å². The summed E-state index contributed by atoms with van der Waals surface area (Å²) in [4.78, 5) is 12.7. The van der Waals surface area contributed by atoms with Crippen molar-refractivity contribution in [2.24, 2.45) is 0 Å². The van der Waals surface area contributed by atoms with Crippen molar-refractivity contribution in [1.29, 1.82) is 0 Å². The average molecular weight is 271 g/mol. The van der Waals surface area contributed by atoms with Gasteiger partial charge in [-0.2, -0.15) is 0 Å². The number of aromatic carboxylic acids is 1. The quantitative estimate of drug-likeness (QED) is 0.857. The van der Waals surface area contributed by atoms with Crippen LogP contribution in [-0.4, -0.2) is 41.2 Å². The third-order valence-corrected chi connectivity index (χ3v) is 3.60. The van der Waals surface area contributed by atoms with Crippen LogP contribution in [0.1, 0.15) is 28.8 Å². The van der Waals surface area contributed by atoms with Gasteiger partial charge in [0.05, 0.1) is 11.2 Å². The van der Waals surface area contributed by atoms with Crippen molar-refractivity contribution in [2.45, 2.75) is 18.4 Å². The number of likely N-dealkylation sites (tertiary alicyclic amines) is 1. The molecule has 19 heavy (non-hydrogen) atoms. The van der Waals surface area contributed by atoms with Crippen molar-refractivity contribution in [1.82, 2.24) is 4.90 Å². The van der Waals surface area contributed by atoms with E-state index in [1.54, 1.807) is 0 Å². The van der Waals surface area contributed by atoms with Crippen molar-refractivity contribution in [2.75, 3.05) is 20.1 Å². The Morgan fingerprint density at radius 1 is 1.26 bits per heavy atom. The Hall–Kier alpha value is -1.53. The first kappa shape index (κ1) is 13.9. The predicted octanol–water partition coefficient (Wildman–Crippen LogP) is 1.58. The number of nitrogens with zero attached hydrogens (tertiary/aromatic N) is 1. The summed E-state index contributed by atoms with van der Waals surface area (Å²) in [7, 11) is 1.88. The van der Waals surface area contributed by atoms with Gasteiger partial charge < -0.3 is 15.1 Å². The van der Waals surface area contributed by atoms with Crippen molar-refractivity contribution < 1.29 is 23.8 Å². The topological polar surface area (TPSA) is 60.8 Å². The molecule has 0 aliphatic carbocycles. The fourth-order valence-electron chi connectivity index (χ4n) is 2.33. The molecule has 0 radical (unpaired) electrons. The van der Waals surface area contributed by atoms with Crippen LogP contribution in [0.25, 0.3) is 0 Å². The zero-order chi connectivity index (χ0) is 14.2. The second-order valence-corrected chi connectivity index (χ2v) is 4.95. The smallest absolute Gasteiger partial charge is 0.338 e. The highest BCUT2D eigenvalue weighted by Crippen LogP contribution is 2.35. The molecule has 6 heteroatoms. The first-order valence-electron chi connectivity index (χ1n) is 5.97. The van der Waals surface area contributed by atoms with Gasteiger partial charge in [-0.25, -0.2) is 13.6 Å². The Labute approximate surface area is 109 Å². The largest absolute Gasteiger partial charge is 0.478 e. The lowest BCUT2D eigenvalue weighted by molar-refractivity contribution is -0.0233. The molecule has 0 bridgehead atoms. The van der Waals surface area contributed by atoms with Gasteiger partial charge in [0.25, 0.3) is 0 Å². The molecule has 0 spiro atoms. The molecule has 1 heterocycles. The van der Waals surface area contributed by atoms with Crippen LogP contribution < -0.4 is 0 Å². The van der Waals surface area contributed by atoms with Gasteiger partial charge >= 0.3 is 5.97 Å². The van der Waals surface area contributed by atoms with Crippen molar-refractivity contribution in [3.8, 4) is 0 Å². The second kappa shape index (κ2) is 4.86. The number of rotatable bonds is 2. The summed E-state index contributed by atoms with van der Waals surface area (Å²) in [6, 6.07) is 1.42. The summed E-state index contributed by atoms with van der Waals surface area (Å²) in [6.07, 6.45) is 0.568. The molecule has 0 atom stereocenters. The third kappa shape index (κ3) is 2.59. The zero-order valence-electron chi connectivity index (χ0n) is 10.5. The molecule has 2 rings (SSSR count). The standard InChI is InChI=1S/C13H15F2NO3/c1-16-4-2-13(19,3-5-16)9-7-10(14)8(12(17)18)6-11(9)15/h6-7,19H,2-5H2,1H3,(H,17,18). The van der Waals surface area contributed by atoms with Crippen LogP contribution >= 0.6 is 0 Å². The molecule has 1 aliphatic rings. The van der Waals surface area contributed by atoms with E-state index in [0.29, 0.717) is 19.2 Å². The summed E-state index contributed by atoms with van der Waals surface area (Å²) in [5.41, 5.74) is -2.32. The number of hydrogen-bond donors (Lipinski definition) is 2. The van der Waals surface area contributed by atoms with Gasteiger partial charge in [-0.1, -0.05) is 0 Å². The Balaban J connectivity index is 2.40. The van der Waals surface area contributed by atoms with Crippen molar-refractivity contribution in [3.63, 3.8) is 0 Å². The minimum atomic E-state index is -1.53. The molecule has 1 fully saturated rings. The van der Waals surface area contributed by atoms with E-state index in [1.807, 2.05) is 11.9 Å². The fraction of sp³-hybridized carbons (Fsp3) is 0.462. The lowest BCUT2D eigenvalue weighted by Crippen LogP contribution is -2.41. The van der Waals surface area contributed by atoms with E-state index in [9.17, 15) is 18.7 Å². The number of hydrogen-bond acceptors (Lipinski definition) is 3. The van der Waals surface area contributed by atoms with Gasteiger partial charge in [0, 0.05) is 18.7 Å². The molecule has 0 saturated carbocycles. The molecule has 0 amide bonds. The average Bonchev–Trinajstić information content (AvgIpc) is 2.35. The summed E-state index contributed by atoms with van der Waals surface area (Å²) in [6.45, 7) is 1.14. The SMILES string of the molecule is CN1CCC(O)(c2cc(F)c(C(=O)O)cc2F)CC1. The second-order valence-electron chi connectivity index (χ2n) is 4.95. The van der Waals surface area contributed by atoms with Gasteiger partial charge in [0.1, 0.15) is 11.6 Å². The first-order chi connectivity index (χ1) is 8.83. The Kier molecular flexibility index (Phi) is 3.56. The first-order valence-corrected chi connectivity index (χ1v) is 5.97. The van der Waals surface area contributed by atoms with E-state index in [4.69, 9.17) is 5.11 Å². The fourth-order valence-corrected chi connectivity index (χ4v) is 2.33. The lowest BCUT2D eigenvalue weighted by Gasteiger charge is -2.37. The van der Waals surface area contributed by atoms with E-state index in [0.717, 1.165) is 6.07 Å². The third-order valence-electron chi connectivity index (χ3n) is 3.60. The molecule has 0 unspecified atom stereocenters. The molecule has 1 aromatic carbocycles. The molecule has 104 valence electrons. The number of carboxylic acid groups (broad SMARTS) is 1. The number of aliphatic hydroxyl groups is 1. The number of carboxylic acids is 1. The molecular weight excluding hydrogens is 256 g/mol. The lowest BCUT2D eigenvalue weighted by atomic mass is 9.83. The summed E-state index contributed by atoms with van der Waals surface area (Å²) in [5, 5.41) is 19.1. The van der Waals surface area contributed by atoms with E-state index >= 15 is 0 Å². The molecule has 2 N–H and O–H groups in total. The van der Waals surface area contributed by atoms with Crippen molar-refractivity contribution in [3.05, 3.63) is 34.9 Å². The molecule has 0 aromatic heterocycles. The van der Waals surface area contributed by atoms with Crippen LogP contribution in [0, 0.1) is 11.6 Å². The van der Waals surface area contributed by atoms with Crippen LogP contribution in [0.4, 0.5) is 8.78 Å². The summed E-state index contributed by atoms with van der Waals surface area (Å²) < 4.78 is 27.5. The summed E-state index contributed by atoms with van der Waals surface area (Å²) in [5.74, 6) is -3.44. The predicted molar refractivity (Wildman–Crippen MR) is 63.9 cm³/mol. The minimum Gasteiger partial charge on any atom is -0.478 e. The molecular formula is C13H15F2NO3. The van der Waals surface area contributed by atoms with Crippen LogP contribution in [-0.2, 0) is 5.60 Å². The summed E-state index contributed by atoms with van der Waals surface area (Å²) >= 11 is 0. The van der Waals surface area contributed by atoms with E-state index < -0.39 is 28.8 Å². The highest BCUT2D eigenvalue weighted by atomic mass is 19.1. The van der Waals surface area contributed by atoms with Gasteiger partial charge in [0.15, 0.2) is 0 Å². The van der Waals surface area contributed by atoms with Gasteiger partial charge in [0.2, 0.25) is 0 Å². The molecule has 1 aliphatic heterocycles. The maximum absolute atomic E-state index is 13.9. The monoisotopic (exact) mass is 271 g/mol. The molecule has 1 saturated heterocycles. The minimum absolute atomic E-state index is 0.164. The van der Waals surface area contributed by atoms with Gasteiger partial charge in [-0.05, 0) is 32.0 Å². The van der Waals surface area contributed by atoms with Crippen LogP contribution in [0.5, 0.6) is 0 Å². The van der Waals surface area contributed by atoms with E-state index in [2.05, 4.69) is 0 Å². The van der Waals surface area contributed by atoms with E-state index in [1.165, 1.54) is 0 Å². The van der Waals surface area contributed by atoms with Crippen LogP contribution in [0.15, 0.2) is 12.1 Å². The zero-order valence-corrected chi connectivity index (χ0v) is 10.5. The highest BCUT2D eigenvalue weighted by Gasteiger charge is 2.36. The molecule has 4 nitrogen and oxygen atoms in total. The highest BCUT2D eigenvalue weighted by molar-refractivity contribution is 5.88. The number of halogens is 2.